The molecule has 162 valence electrons. The highest BCUT2D eigenvalue weighted by molar-refractivity contribution is 7.80. The summed E-state index contributed by atoms with van der Waals surface area (Å²) in [5.74, 6) is -0.0592. The Kier molecular flexibility index (Phi) is 20.7. The molecule has 4 nitrogen and oxygen atoms in total. The fourth-order valence-corrected chi connectivity index (χ4v) is 2.31. The molecular formula is C24H37NO3S. The zero-order valence-electron chi connectivity index (χ0n) is 17.7. The summed E-state index contributed by atoms with van der Waals surface area (Å²) in [6.07, 6.45) is 28.4. The minimum atomic E-state index is -0.335. The van der Waals surface area contributed by atoms with Crippen LogP contribution in [0.2, 0.25) is 0 Å². The molecule has 0 spiro atoms. The van der Waals surface area contributed by atoms with Gasteiger partial charge in [0.05, 0.1) is 0 Å². The Bertz CT molecular complexity index is 562. The summed E-state index contributed by atoms with van der Waals surface area (Å²) in [6.45, 7) is 2.40. The monoisotopic (exact) mass is 419 g/mol. The fourth-order valence-electron chi connectivity index (χ4n) is 2.20. The number of hydrogen-bond donors (Lipinski definition) is 2. The van der Waals surface area contributed by atoms with Crippen LogP contribution < -0.4 is 5.32 Å². The van der Waals surface area contributed by atoms with E-state index in [-0.39, 0.29) is 18.5 Å². The molecule has 0 aliphatic rings. The predicted octanol–water partition coefficient (Wildman–Crippen LogP) is 5.50. The van der Waals surface area contributed by atoms with Crippen LogP contribution in [-0.4, -0.2) is 30.8 Å². The highest BCUT2D eigenvalue weighted by Gasteiger charge is 2.05. The van der Waals surface area contributed by atoms with Gasteiger partial charge in [0, 0.05) is 18.7 Å². The first-order chi connectivity index (χ1) is 14.2. The number of esters is 1. The van der Waals surface area contributed by atoms with Crippen LogP contribution in [0.25, 0.3) is 0 Å². The maximum absolute atomic E-state index is 11.5. The largest absolute Gasteiger partial charge is 0.456 e. The van der Waals surface area contributed by atoms with Crippen LogP contribution in [0.15, 0.2) is 60.8 Å². The molecule has 0 radical (unpaired) electrons. The van der Waals surface area contributed by atoms with Crippen LogP contribution in [0.4, 0.5) is 0 Å². The molecule has 0 bridgehead atoms. The van der Waals surface area contributed by atoms with Crippen LogP contribution in [0.1, 0.15) is 58.3 Å². The second-order valence-corrected chi connectivity index (χ2v) is 6.78. The molecule has 1 N–H and O–H groups in total. The van der Waals surface area contributed by atoms with Crippen molar-refractivity contribution in [3.8, 4) is 0 Å². The summed E-state index contributed by atoms with van der Waals surface area (Å²) >= 11 is 3.99. The van der Waals surface area contributed by atoms with Crippen molar-refractivity contribution in [3.05, 3.63) is 60.8 Å². The van der Waals surface area contributed by atoms with Crippen molar-refractivity contribution in [3.63, 3.8) is 0 Å². The third kappa shape index (κ3) is 22.1. The molecule has 0 aromatic heterocycles. The van der Waals surface area contributed by atoms with Gasteiger partial charge in [0.1, 0.15) is 0 Å². The van der Waals surface area contributed by atoms with Crippen molar-refractivity contribution in [1.82, 2.24) is 5.32 Å². The molecular weight excluding hydrogens is 382 g/mol. The Hall–Kier alpha value is -2.01. The van der Waals surface area contributed by atoms with E-state index in [9.17, 15) is 9.59 Å². The van der Waals surface area contributed by atoms with Gasteiger partial charge in [-0.05, 0) is 44.9 Å². The number of amides is 1. The minimum absolute atomic E-state index is 0.214. The standard InChI is InChI=1S/C24H37NO3S/c1-2-3-4-5-6-7-8-9-10-11-12-13-14-15-16-17-18-19-24(27)28-22-23(26)25-20-21-29/h3-4,6-7,9-10,12-13,15-16,29H,2,5,8,11,14,17-22H2,1H3,(H,25,26). The molecule has 0 aromatic carbocycles. The van der Waals surface area contributed by atoms with Gasteiger partial charge in [0.15, 0.2) is 6.61 Å². The summed E-state index contributed by atoms with van der Waals surface area (Å²) in [7, 11) is 0. The molecule has 1 amide bonds. The van der Waals surface area contributed by atoms with Crippen molar-refractivity contribution in [1.29, 1.82) is 0 Å². The second kappa shape index (κ2) is 22.3. The van der Waals surface area contributed by atoms with E-state index in [2.05, 4.69) is 85.6 Å². The van der Waals surface area contributed by atoms with Gasteiger partial charge in [0.25, 0.3) is 5.91 Å². The van der Waals surface area contributed by atoms with Crippen molar-refractivity contribution in [2.45, 2.75) is 58.3 Å². The van der Waals surface area contributed by atoms with Crippen molar-refractivity contribution in [2.75, 3.05) is 18.9 Å². The lowest BCUT2D eigenvalue weighted by molar-refractivity contribution is -0.148. The maximum atomic E-state index is 11.5. The Morgan fingerprint density at radius 2 is 1.34 bits per heavy atom. The Morgan fingerprint density at radius 1 is 0.828 bits per heavy atom. The lowest BCUT2D eigenvalue weighted by Gasteiger charge is -2.04. The number of carbonyl (C=O) groups is 2. The van der Waals surface area contributed by atoms with Gasteiger partial charge in [-0.15, -0.1) is 0 Å². The number of thiol groups is 1. The number of hydrogen-bond acceptors (Lipinski definition) is 4. The molecule has 0 rings (SSSR count). The smallest absolute Gasteiger partial charge is 0.306 e. The van der Waals surface area contributed by atoms with Crippen LogP contribution >= 0.6 is 12.6 Å². The summed E-state index contributed by atoms with van der Waals surface area (Å²) < 4.78 is 4.91. The average Bonchev–Trinajstić information content (AvgIpc) is 2.72. The molecule has 0 saturated heterocycles. The van der Waals surface area contributed by atoms with Crippen molar-refractivity contribution < 1.29 is 14.3 Å². The van der Waals surface area contributed by atoms with Gasteiger partial charge in [-0.25, -0.2) is 0 Å². The number of allylic oxidation sites excluding steroid dienone is 10. The first kappa shape index (κ1) is 27.0. The van der Waals surface area contributed by atoms with E-state index < -0.39 is 0 Å². The number of unbranched alkanes of at least 4 members (excludes halogenated alkanes) is 1. The number of rotatable bonds is 17. The molecule has 29 heavy (non-hydrogen) atoms. The second-order valence-electron chi connectivity index (χ2n) is 6.33. The highest BCUT2D eigenvalue weighted by atomic mass is 32.1. The number of nitrogens with one attached hydrogen (secondary N) is 1. The molecule has 0 fully saturated rings. The minimum Gasteiger partial charge on any atom is -0.456 e. The van der Waals surface area contributed by atoms with Crippen LogP contribution in [-0.2, 0) is 14.3 Å². The van der Waals surface area contributed by atoms with Gasteiger partial charge in [0.2, 0.25) is 0 Å². The van der Waals surface area contributed by atoms with E-state index in [0.717, 1.165) is 44.9 Å². The van der Waals surface area contributed by atoms with Crippen LogP contribution in [0.3, 0.4) is 0 Å². The summed E-state index contributed by atoms with van der Waals surface area (Å²) in [4.78, 5) is 22.8. The zero-order chi connectivity index (χ0) is 21.4. The molecule has 0 aromatic rings. The molecule has 0 saturated carbocycles. The SMILES string of the molecule is CCC=CCC=CCC=CCC=CCC=CCCCC(=O)OCC(=O)NCCS. The van der Waals surface area contributed by atoms with E-state index in [1.54, 1.807) is 0 Å². The highest BCUT2D eigenvalue weighted by Crippen LogP contribution is 2.01. The van der Waals surface area contributed by atoms with E-state index in [4.69, 9.17) is 4.74 Å². The lowest BCUT2D eigenvalue weighted by atomic mass is 10.2. The van der Waals surface area contributed by atoms with Gasteiger partial charge in [-0.1, -0.05) is 67.7 Å². The average molecular weight is 420 g/mol. The summed E-state index contributed by atoms with van der Waals surface area (Å²) in [5.41, 5.74) is 0. The summed E-state index contributed by atoms with van der Waals surface area (Å²) in [6, 6.07) is 0. The van der Waals surface area contributed by atoms with Gasteiger partial charge < -0.3 is 10.1 Å². The third-order valence-electron chi connectivity index (χ3n) is 3.71. The van der Waals surface area contributed by atoms with Crippen molar-refractivity contribution in [2.24, 2.45) is 0 Å². The van der Waals surface area contributed by atoms with E-state index >= 15 is 0 Å². The van der Waals surface area contributed by atoms with Gasteiger partial charge in [-0.3, -0.25) is 9.59 Å². The van der Waals surface area contributed by atoms with Crippen molar-refractivity contribution >= 4 is 24.5 Å². The number of ether oxygens (including phenoxy) is 1. The zero-order valence-corrected chi connectivity index (χ0v) is 18.6. The molecule has 0 aliphatic heterocycles. The molecule has 0 unspecified atom stereocenters. The van der Waals surface area contributed by atoms with E-state index in [1.165, 1.54) is 0 Å². The first-order valence-corrected chi connectivity index (χ1v) is 11.1. The molecule has 0 heterocycles. The van der Waals surface area contributed by atoms with Crippen LogP contribution in [0, 0.1) is 0 Å². The topological polar surface area (TPSA) is 55.4 Å². The lowest BCUT2D eigenvalue weighted by Crippen LogP contribution is -2.30. The normalized spacial score (nSPS) is 12.2. The van der Waals surface area contributed by atoms with Gasteiger partial charge in [-0.2, -0.15) is 12.6 Å². The van der Waals surface area contributed by atoms with Gasteiger partial charge >= 0.3 is 5.97 Å². The molecule has 0 atom stereocenters. The van der Waals surface area contributed by atoms with E-state index in [0.29, 0.717) is 18.7 Å². The Labute approximate surface area is 182 Å². The van der Waals surface area contributed by atoms with Crippen LogP contribution in [0.5, 0.6) is 0 Å². The maximum Gasteiger partial charge on any atom is 0.306 e. The Morgan fingerprint density at radius 3 is 1.86 bits per heavy atom. The molecule has 0 aliphatic carbocycles. The Balaban J connectivity index is 3.56. The quantitative estimate of drug-likeness (QED) is 0.142. The number of carbonyl (C=O) groups excluding carboxylic acids is 2. The summed E-state index contributed by atoms with van der Waals surface area (Å²) in [5, 5.41) is 2.59. The molecule has 5 heteroatoms. The predicted molar refractivity (Wildman–Crippen MR) is 126 cm³/mol. The first-order valence-electron chi connectivity index (χ1n) is 10.5. The fraction of sp³-hybridized carbons (Fsp3) is 0.500. The van der Waals surface area contributed by atoms with E-state index in [1.807, 2.05) is 0 Å². The third-order valence-corrected chi connectivity index (χ3v) is 3.93.